The molecule has 0 atom stereocenters. The van der Waals surface area contributed by atoms with E-state index >= 15 is 0 Å². The van der Waals surface area contributed by atoms with E-state index in [1.165, 1.54) is 12.5 Å². The van der Waals surface area contributed by atoms with Crippen LogP contribution in [0, 0.1) is 5.92 Å². The highest BCUT2D eigenvalue weighted by Gasteiger charge is 2.27. The molecule has 0 spiro atoms. The van der Waals surface area contributed by atoms with Crippen LogP contribution in [0.4, 0.5) is 0 Å². The van der Waals surface area contributed by atoms with E-state index in [9.17, 15) is 9.59 Å². The van der Waals surface area contributed by atoms with Crippen LogP contribution in [0.1, 0.15) is 23.3 Å². The summed E-state index contributed by atoms with van der Waals surface area (Å²) < 4.78 is 0. The van der Waals surface area contributed by atoms with Crippen LogP contribution in [0.2, 0.25) is 0 Å². The first-order chi connectivity index (χ1) is 7.68. The molecule has 0 aromatic carbocycles. The van der Waals surface area contributed by atoms with Crippen LogP contribution in [-0.2, 0) is 4.79 Å². The number of rotatable bonds is 2. The van der Waals surface area contributed by atoms with Crippen LogP contribution < -0.4 is 0 Å². The van der Waals surface area contributed by atoms with E-state index in [2.05, 4.69) is 9.97 Å². The Morgan fingerprint density at radius 3 is 2.62 bits per heavy atom. The molecule has 1 aliphatic rings. The lowest BCUT2D eigenvalue weighted by Gasteiger charge is -2.29. The van der Waals surface area contributed by atoms with Crippen LogP contribution in [0.3, 0.4) is 0 Å². The fourth-order valence-electron chi connectivity index (χ4n) is 1.87. The highest BCUT2D eigenvalue weighted by atomic mass is 16.4. The summed E-state index contributed by atoms with van der Waals surface area (Å²) in [6.45, 7) is 0.990. The molecule has 1 saturated heterocycles. The molecule has 1 fully saturated rings. The molecule has 16 heavy (non-hydrogen) atoms. The Morgan fingerprint density at radius 1 is 1.44 bits per heavy atom. The van der Waals surface area contributed by atoms with Crippen molar-refractivity contribution < 1.29 is 14.7 Å². The second kappa shape index (κ2) is 4.34. The summed E-state index contributed by atoms with van der Waals surface area (Å²) in [7, 11) is 0. The Hall–Kier alpha value is -1.85. The standard InChI is InChI=1S/C10H13N3O3/c14-9(8-5-11-6-12-8)13-3-1-7(2-4-13)10(15)16/h5-7H,1-4H2,(H,11,12)(H,15,16). The number of carboxylic acid groups (broad SMARTS) is 1. The van der Waals surface area contributed by atoms with Crippen molar-refractivity contribution in [1.82, 2.24) is 14.9 Å². The van der Waals surface area contributed by atoms with E-state index in [-0.39, 0.29) is 11.8 Å². The number of carboxylic acids is 1. The number of nitrogens with zero attached hydrogens (tertiary/aromatic N) is 2. The summed E-state index contributed by atoms with van der Waals surface area (Å²) in [5.41, 5.74) is 0.453. The number of likely N-dealkylation sites (tertiary alicyclic amines) is 1. The van der Waals surface area contributed by atoms with E-state index in [1.54, 1.807) is 4.90 Å². The summed E-state index contributed by atoms with van der Waals surface area (Å²) in [6.07, 6.45) is 3.98. The molecule has 0 aliphatic carbocycles. The van der Waals surface area contributed by atoms with E-state index < -0.39 is 5.97 Å². The van der Waals surface area contributed by atoms with Crippen molar-refractivity contribution in [3.05, 3.63) is 18.2 Å². The largest absolute Gasteiger partial charge is 0.481 e. The molecular formula is C10H13N3O3. The third-order valence-corrected chi connectivity index (χ3v) is 2.86. The summed E-state index contributed by atoms with van der Waals surface area (Å²) in [6, 6.07) is 0. The molecular weight excluding hydrogens is 210 g/mol. The van der Waals surface area contributed by atoms with Crippen molar-refractivity contribution in [3.63, 3.8) is 0 Å². The number of piperidine rings is 1. The predicted octanol–water partition coefficient (Wildman–Crippen LogP) is 0.347. The number of carbonyl (C=O) groups excluding carboxylic acids is 1. The Bertz CT molecular complexity index is 380. The lowest BCUT2D eigenvalue weighted by atomic mass is 9.97. The van der Waals surface area contributed by atoms with Crippen molar-refractivity contribution in [3.8, 4) is 0 Å². The number of aromatic amines is 1. The van der Waals surface area contributed by atoms with Gasteiger partial charge in [-0.1, -0.05) is 0 Å². The molecule has 2 N–H and O–H groups in total. The lowest BCUT2D eigenvalue weighted by molar-refractivity contribution is -0.143. The molecule has 1 amide bonds. The van der Waals surface area contributed by atoms with E-state index in [1.807, 2.05) is 0 Å². The molecule has 2 rings (SSSR count). The van der Waals surface area contributed by atoms with Crippen LogP contribution in [-0.4, -0.2) is 44.9 Å². The van der Waals surface area contributed by atoms with Gasteiger partial charge in [-0.15, -0.1) is 0 Å². The zero-order valence-electron chi connectivity index (χ0n) is 8.72. The summed E-state index contributed by atoms with van der Waals surface area (Å²) in [4.78, 5) is 30.8. The first kappa shape index (κ1) is 10.7. The Balaban J connectivity index is 1.94. The Morgan fingerprint density at radius 2 is 2.12 bits per heavy atom. The number of hydrogen-bond acceptors (Lipinski definition) is 3. The molecule has 1 aromatic heterocycles. The number of aliphatic carboxylic acids is 1. The topological polar surface area (TPSA) is 86.3 Å². The fraction of sp³-hybridized carbons (Fsp3) is 0.500. The first-order valence-corrected chi connectivity index (χ1v) is 5.19. The second-order valence-corrected chi connectivity index (χ2v) is 3.87. The summed E-state index contributed by atoms with van der Waals surface area (Å²) >= 11 is 0. The van der Waals surface area contributed by atoms with Gasteiger partial charge in [0.05, 0.1) is 18.4 Å². The minimum atomic E-state index is -0.770. The number of hydrogen-bond donors (Lipinski definition) is 2. The van der Waals surface area contributed by atoms with Gasteiger partial charge in [0.15, 0.2) is 0 Å². The van der Waals surface area contributed by atoms with Gasteiger partial charge in [-0.05, 0) is 12.8 Å². The van der Waals surface area contributed by atoms with E-state index in [0.29, 0.717) is 31.6 Å². The molecule has 86 valence electrons. The average Bonchev–Trinajstić information content (AvgIpc) is 2.81. The first-order valence-electron chi connectivity index (χ1n) is 5.19. The van der Waals surface area contributed by atoms with Crippen LogP contribution in [0.25, 0.3) is 0 Å². The Labute approximate surface area is 92.3 Å². The minimum Gasteiger partial charge on any atom is -0.481 e. The number of nitrogens with one attached hydrogen (secondary N) is 1. The Kier molecular flexibility index (Phi) is 2.89. The van der Waals surface area contributed by atoms with E-state index in [0.717, 1.165) is 0 Å². The highest BCUT2D eigenvalue weighted by Crippen LogP contribution is 2.18. The molecule has 1 aliphatic heterocycles. The number of carbonyl (C=O) groups is 2. The van der Waals surface area contributed by atoms with Gasteiger partial charge in [-0.2, -0.15) is 0 Å². The van der Waals surface area contributed by atoms with Crippen molar-refractivity contribution >= 4 is 11.9 Å². The molecule has 0 unspecified atom stereocenters. The number of aromatic nitrogens is 2. The molecule has 2 heterocycles. The SMILES string of the molecule is O=C(O)C1CCN(C(=O)c2cnc[nH]2)CC1. The smallest absolute Gasteiger partial charge is 0.306 e. The molecule has 6 nitrogen and oxygen atoms in total. The van der Waals surface area contributed by atoms with Crippen molar-refractivity contribution in [2.45, 2.75) is 12.8 Å². The molecule has 0 saturated carbocycles. The maximum Gasteiger partial charge on any atom is 0.306 e. The van der Waals surface area contributed by atoms with Gasteiger partial charge >= 0.3 is 5.97 Å². The van der Waals surface area contributed by atoms with Crippen molar-refractivity contribution in [1.29, 1.82) is 0 Å². The monoisotopic (exact) mass is 223 g/mol. The van der Waals surface area contributed by atoms with Gasteiger partial charge in [-0.3, -0.25) is 9.59 Å². The second-order valence-electron chi connectivity index (χ2n) is 3.87. The number of imidazole rings is 1. The average molecular weight is 223 g/mol. The third-order valence-electron chi connectivity index (χ3n) is 2.86. The molecule has 0 bridgehead atoms. The fourth-order valence-corrected chi connectivity index (χ4v) is 1.87. The minimum absolute atomic E-state index is 0.110. The highest BCUT2D eigenvalue weighted by molar-refractivity contribution is 5.92. The van der Waals surface area contributed by atoms with Crippen LogP contribution >= 0.6 is 0 Å². The zero-order valence-corrected chi connectivity index (χ0v) is 8.72. The quantitative estimate of drug-likeness (QED) is 0.757. The summed E-state index contributed by atoms with van der Waals surface area (Å²) in [5, 5.41) is 8.83. The lowest BCUT2D eigenvalue weighted by Crippen LogP contribution is -2.40. The predicted molar refractivity (Wildman–Crippen MR) is 54.9 cm³/mol. The van der Waals surface area contributed by atoms with Crippen LogP contribution in [0.15, 0.2) is 12.5 Å². The molecule has 0 radical (unpaired) electrons. The maximum absolute atomic E-state index is 11.8. The number of amides is 1. The van der Waals surface area contributed by atoms with Gasteiger partial charge in [0.1, 0.15) is 5.69 Å². The maximum atomic E-state index is 11.8. The van der Waals surface area contributed by atoms with E-state index in [4.69, 9.17) is 5.11 Å². The third kappa shape index (κ3) is 2.05. The molecule has 1 aromatic rings. The normalized spacial score (nSPS) is 17.4. The van der Waals surface area contributed by atoms with Gasteiger partial charge in [0, 0.05) is 13.1 Å². The number of H-pyrrole nitrogens is 1. The van der Waals surface area contributed by atoms with Gasteiger partial charge in [0.25, 0.3) is 5.91 Å². The van der Waals surface area contributed by atoms with Gasteiger partial charge in [0.2, 0.25) is 0 Å². The van der Waals surface area contributed by atoms with Gasteiger partial charge < -0.3 is 15.0 Å². The van der Waals surface area contributed by atoms with Gasteiger partial charge in [-0.25, -0.2) is 4.98 Å². The summed E-state index contributed by atoms with van der Waals surface area (Å²) in [5.74, 6) is -1.19. The van der Waals surface area contributed by atoms with Crippen molar-refractivity contribution in [2.75, 3.05) is 13.1 Å². The zero-order chi connectivity index (χ0) is 11.5. The van der Waals surface area contributed by atoms with Crippen LogP contribution in [0.5, 0.6) is 0 Å². The molecule has 6 heteroatoms. The van der Waals surface area contributed by atoms with Crippen molar-refractivity contribution in [2.24, 2.45) is 5.92 Å².